The molecule has 3 aromatic rings. The molecular weight excluding hydrogens is 533 g/mol. The highest BCUT2D eigenvalue weighted by molar-refractivity contribution is 6.40. The molecule has 1 aliphatic heterocycles. The number of imide groups is 2. The number of para-hydroxylation sites is 1. The van der Waals surface area contributed by atoms with Gasteiger partial charge in [-0.25, -0.2) is 9.69 Å². The summed E-state index contributed by atoms with van der Waals surface area (Å²) in [6.07, 6.45) is 1.26. The van der Waals surface area contributed by atoms with Crippen LogP contribution in [0.1, 0.15) is 12.5 Å². The highest BCUT2D eigenvalue weighted by Crippen LogP contribution is 2.35. The highest BCUT2D eigenvalue weighted by Gasteiger charge is 2.36. The molecular formula is C27H21Cl2N3O6. The molecule has 194 valence electrons. The second-order valence-electron chi connectivity index (χ2n) is 7.90. The van der Waals surface area contributed by atoms with Crippen molar-refractivity contribution in [1.29, 1.82) is 0 Å². The summed E-state index contributed by atoms with van der Waals surface area (Å²) in [7, 11) is 0. The number of urea groups is 1. The Hall–Kier alpha value is -4.34. The fraction of sp³-hybridized carbons (Fsp3) is 0.111. The number of ether oxygens (including phenoxy) is 2. The van der Waals surface area contributed by atoms with Crippen LogP contribution in [0.15, 0.2) is 72.3 Å². The summed E-state index contributed by atoms with van der Waals surface area (Å²) >= 11 is 12.6. The predicted molar refractivity (Wildman–Crippen MR) is 144 cm³/mol. The molecule has 0 aliphatic carbocycles. The Morgan fingerprint density at radius 2 is 1.63 bits per heavy atom. The topological polar surface area (TPSA) is 114 Å². The van der Waals surface area contributed by atoms with Gasteiger partial charge in [0.2, 0.25) is 0 Å². The average molecular weight is 554 g/mol. The first-order valence-electron chi connectivity index (χ1n) is 11.4. The lowest BCUT2D eigenvalue weighted by Crippen LogP contribution is -2.54. The van der Waals surface area contributed by atoms with E-state index in [1.54, 1.807) is 36.4 Å². The maximum Gasteiger partial charge on any atom is 0.335 e. The molecule has 11 heteroatoms. The quantitative estimate of drug-likeness (QED) is 0.297. The largest absolute Gasteiger partial charge is 0.494 e. The van der Waals surface area contributed by atoms with Gasteiger partial charge in [-0.15, -0.1) is 0 Å². The molecule has 38 heavy (non-hydrogen) atoms. The fourth-order valence-electron chi connectivity index (χ4n) is 3.57. The van der Waals surface area contributed by atoms with Gasteiger partial charge in [0.1, 0.15) is 11.3 Å². The molecule has 1 saturated heterocycles. The van der Waals surface area contributed by atoms with Gasteiger partial charge in [-0.3, -0.25) is 19.7 Å². The van der Waals surface area contributed by atoms with Gasteiger partial charge in [0, 0.05) is 5.69 Å². The van der Waals surface area contributed by atoms with Crippen LogP contribution in [0.5, 0.6) is 11.5 Å². The number of benzene rings is 3. The first kappa shape index (κ1) is 26.7. The van der Waals surface area contributed by atoms with Crippen molar-refractivity contribution >= 4 is 64.4 Å². The third-order valence-corrected chi connectivity index (χ3v) is 5.81. The van der Waals surface area contributed by atoms with E-state index in [9.17, 15) is 19.2 Å². The number of hydrogen-bond acceptors (Lipinski definition) is 6. The minimum absolute atomic E-state index is 0.0555. The van der Waals surface area contributed by atoms with Gasteiger partial charge in [0.05, 0.1) is 22.3 Å². The van der Waals surface area contributed by atoms with Gasteiger partial charge in [0.15, 0.2) is 12.4 Å². The third kappa shape index (κ3) is 6.13. The molecule has 2 N–H and O–H groups in total. The second-order valence-corrected chi connectivity index (χ2v) is 8.72. The first-order valence-corrected chi connectivity index (χ1v) is 12.1. The molecule has 0 atom stereocenters. The van der Waals surface area contributed by atoms with Crippen LogP contribution < -0.4 is 25.0 Å². The third-order valence-electron chi connectivity index (χ3n) is 5.24. The molecule has 1 aliphatic rings. The van der Waals surface area contributed by atoms with Crippen LogP contribution in [0, 0.1) is 0 Å². The van der Waals surface area contributed by atoms with E-state index in [0.29, 0.717) is 23.6 Å². The molecule has 0 unspecified atom stereocenters. The number of nitrogens with one attached hydrogen (secondary N) is 2. The van der Waals surface area contributed by atoms with Crippen LogP contribution in [-0.4, -0.2) is 37.0 Å². The van der Waals surface area contributed by atoms with E-state index in [2.05, 4.69) is 10.6 Å². The molecule has 0 radical (unpaired) electrons. The zero-order chi connectivity index (χ0) is 27.2. The van der Waals surface area contributed by atoms with Crippen molar-refractivity contribution in [3.63, 3.8) is 0 Å². The van der Waals surface area contributed by atoms with Gasteiger partial charge < -0.3 is 14.8 Å². The minimum Gasteiger partial charge on any atom is -0.494 e. The molecule has 0 aromatic heterocycles. The molecule has 1 heterocycles. The Morgan fingerprint density at radius 3 is 2.26 bits per heavy atom. The molecule has 1 fully saturated rings. The van der Waals surface area contributed by atoms with E-state index in [1.165, 1.54) is 30.3 Å². The number of anilines is 2. The van der Waals surface area contributed by atoms with Crippen LogP contribution in [0.4, 0.5) is 16.2 Å². The molecule has 3 aromatic carbocycles. The smallest absolute Gasteiger partial charge is 0.335 e. The van der Waals surface area contributed by atoms with Crippen LogP contribution in [0.3, 0.4) is 0 Å². The van der Waals surface area contributed by atoms with E-state index >= 15 is 0 Å². The van der Waals surface area contributed by atoms with Crippen molar-refractivity contribution in [1.82, 2.24) is 5.32 Å². The Balaban J connectivity index is 1.52. The van der Waals surface area contributed by atoms with Crippen molar-refractivity contribution in [3.8, 4) is 11.5 Å². The maximum atomic E-state index is 13.1. The summed E-state index contributed by atoms with van der Waals surface area (Å²) in [5.74, 6) is -1.49. The summed E-state index contributed by atoms with van der Waals surface area (Å²) in [5.41, 5.74) is 0.860. The second kappa shape index (κ2) is 11.8. The number of hydrogen-bond donors (Lipinski definition) is 2. The van der Waals surface area contributed by atoms with Gasteiger partial charge in [-0.1, -0.05) is 41.4 Å². The van der Waals surface area contributed by atoms with Crippen molar-refractivity contribution in [2.75, 3.05) is 23.4 Å². The normalized spacial score (nSPS) is 14.3. The van der Waals surface area contributed by atoms with Gasteiger partial charge in [-0.05, 0) is 67.1 Å². The number of amides is 5. The maximum absolute atomic E-state index is 13.1. The molecule has 0 bridgehead atoms. The van der Waals surface area contributed by atoms with Crippen LogP contribution >= 0.6 is 23.2 Å². The molecule has 0 spiro atoms. The Bertz CT molecular complexity index is 1400. The van der Waals surface area contributed by atoms with E-state index in [-0.39, 0.29) is 33.7 Å². The zero-order valence-corrected chi connectivity index (χ0v) is 21.5. The van der Waals surface area contributed by atoms with E-state index in [4.69, 9.17) is 32.7 Å². The Labute approximate surface area is 227 Å². The standard InChI is InChI=1S/C27H21Cl2N3O6/c1-2-37-19-10-8-18(9-11-19)32-26(35)20(25(34)31-27(32)36)12-16-13-21(28)24(22(29)14-16)38-15-23(33)30-17-6-4-3-5-7-17/h3-14H,2,15H2,1H3,(H,30,33)(H,31,34,36)/b20-12+. The van der Waals surface area contributed by atoms with Crippen molar-refractivity contribution in [2.45, 2.75) is 6.92 Å². The van der Waals surface area contributed by atoms with Crippen molar-refractivity contribution < 1.29 is 28.7 Å². The number of carbonyl (C=O) groups excluding carboxylic acids is 4. The van der Waals surface area contributed by atoms with Crippen LogP contribution in [0.2, 0.25) is 10.0 Å². The zero-order valence-electron chi connectivity index (χ0n) is 20.0. The molecule has 4 rings (SSSR count). The van der Waals surface area contributed by atoms with Crippen LogP contribution in [-0.2, 0) is 14.4 Å². The number of rotatable bonds is 8. The summed E-state index contributed by atoms with van der Waals surface area (Å²) in [4.78, 5) is 51.1. The SMILES string of the molecule is CCOc1ccc(N2C(=O)NC(=O)/C(=C\c3cc(Cl)c(OCC(=O)Nc4ccccc4)c(Cl)c3)C2=O)cc1. The van der Waals surface area contributed by atoms with Crippen molar-refractivity contribution in [3.05, 3.63) is 87.9 Å². The fourth-order valence-corrected chi connectivity index (χ4v) is 4.19. The molecule has 5 amide bonds. The first-order chi connectivity index (χ1) is 18.3. The summed E-state index contributed by atoms with van der Waals surface area (Å²) < 4.78 is 10.9. The Morgan fingerprint density at radius 1 is 0.974 bits per heavy atom. The van der Waals surface area contributed by atoms with E-state index < -0.39 is 23.8 Å². The van der Waals surface area contributed by atoms with Gasteiger partial charge in [0.25, 0.3) is 17.7 Å². The monoisotopic (exact) mass is 553 g/mol. The lowest BCUT2D eigenvalue weighted by molar-refractivity contribution is -0.122. The lowest BCUT2D eigenvalue weighted by Gasteiger charge is -2.26. The van der Waals surface area contributed by atoms with E-state index in [0.717, 1.165) is 4.90 Å². The number of nitrogens with zero attached hydrogens (tertiary/aromatic N) is 1. The predicted octanol–water partition coefficient (Wildman–Crippen LogP) is 5.08. The van der Waals surface area contributed by atoms with Gasteiger partial charge in [-0.2, -0.15) is 0 Å². The number of barbiturate groups is 1. The average Bonchev–Trinajstić information content (AvgIpc) is 2.88. The molecule has 0 saturated carbocycles. The lowest BCUT2D eigenvalue weighted by atomic mass is 10.1. The highest BCUT2D eigenvalue weighted by atomic mass is 35.5. The summed E-state index contributed by atoms with van der Waals surface area (Å²) in [5, 5.41) is 4.94. The van der Waals surface area contributed by atoms with Gasteiger partial charge >= 0.3 is 6.03 Å². The Kier molecular flexibility index (Phi) is 8.30. The summed E-state index contributed by atoms with van der Waals surface area (Å²) in [6, 6.07) is 17.1. The van der Waals surface area contributed by atoms with E-state index in [1.807, 2.05) is 13.0 Å². The van der Waals surface area contributed by atoms with Crippen LogP contribution in [0.25, 0.3) is 6.08 Å². The minimum atomic E-state index is -0.880. The van der Waals surface area contributed by atoms with Crippen molar-refractivity contribution in [2.24, 2.45) is 0 Å². The number of carbonyl (C=O) groups is 4. The summed E-state index contributed by atoms with van der Waals surface area (Å²) in [6.45, 7) is 1.94. The molecule has 9 nitrogen and oxygen atoms in total. The number of halogens is 2.